The van der Waals surface area contributed by atoms with Crippen LogP contribution < -0.4 is 5.32 Å². The second kappa shape index (κ2) is 9.24. The fourth-order valence-electron chi connectivity index (χ4n) is 1.65. The number of carbonyl (C=O) groups excluding carboxylic acids is 3. The molecule has 0 aromatic carbocycles. The molecule has 1 rings (SSSR count). The quantitative estimate of drug-likeness (QED) is 0.551. The van der Waals surface area contributed by atoms with Crippen molar-refractivity contribution in [3.63, 3.8) is 0 Å². The van der Waals surface area contributed by atoms with Gasteiger partial charge in [0.05, 0.1) is 13.2 Å². The van der Waals surface area contributed by atoms with E-state index in [1.807, 2.05) is 0 Å². The maximum atomic E-state index is 12.0. The predicted octanol–water partition coefficient (Wildman–Crippen LogP) is 1.57. The Kier molecular flexibility index (Phi) is 7.65. The summed E-state index contributed by atoms with van der Waals surface area (Å²) in [7, 11) is 1.51. The van der Waals surface area contributed by atoms with Gasteiger partial charge < -0.3 is 19.4 Å². The van der Waals surface area contributed by atoms with Gasteiger partial charge in [-0.05, 0) is 41.4 Å². The van der Waals surface area contributed by atoms with E-state index < -0.39 is 0 Å². The molecule has 1 aromatic rings. The number of hydrogen-bond acceptors (Lipinski definition) is 5. The summed E-state index contributed by atoms with van der Waals surface area (Å²) < 4.78 is 10.4. The first-order valence-electron chi connectivity index (χ1n) is 6.87. The lowest BCUT2D eigenvalue weighted by Gasteiger charge is -2.15. The van der Waals surface area contributed by atoms with E-state index >= 15 is 0 Å². The number of ether oxygens (including phenoxy) is 1. The maximum absolute atomic E-state index is 12.0. The topological polar surface area (TPSA) is 88.9 Å². The molecule has 1 heterocycles. The summed E-state index contributed by atoms with van der Waals surface area (Å²) in [5.74, 6) is -0.811. The lowest BCUT2D eigenvalue weighted by atomic mass is 10.3. The highest BCUT2D eigenvalue weighted by Crippen LogP contribution is 2.15. The lowest BCUT2D eigenvalue weighted by molar-refractivity contribution is -0.143. The van der Waals surface area contributed by atoms with Gasteiger partial charge in [-0.1, -0.05) is 0 Å². The van der Waals surface area contributed by atoms with Crippen LogP contribution in [0.25, 0.3) is 0 Å². The maximum Gasteiger partial charge on any atom is 0.305 e. The Hall–Kier alpha value is -1.83. The normalized spacial score (nSPS) is 10.1. The molecular weight excluding hydrogens is 356 g/mol. The molecule has 8 heteroatoms. The predicted molar refractivity (Wildman–Crippen MR) is 82.2 cm³/mol. The van der Waals surface area contributed by atoms with E-state index in [0.29, 0.717) is 24.2 Å². The van der Waals surface area contributed by atoms with Gasteiger partial charge in [0.25, 0.3) is 5.91 Å². The third kappa shape index (κ3) is 6.30. The van der Waals surface area contributed by atoms with Crippen LogP contribution in [0, 0.1) is 0 Å². The van der Waals surface area contributed by atoms with Crippen molar-refractivity contribution >= 4 is 33.7 Å². The number of nitrogens with one attached hydrogen (secondary N) is 1. The second-order valence-corrected chi connectivity index (χ2v) is 5.31. The van der Waals surface area contributed by atoms with Gasteiger partial charge in [0.1, 0.15) is 0 Å². The van der Waals surface area contributed by atoms with Crippen molar-refractivity contribution in [2.75, 3.05) is 26.7 Å². The van der Waals surface area contributed by atoms with Gasteiger partial charge in [-0.25, -0.2) is 0 Å². The van der Waals surface area contributed by atoms with E-state index in [4.69, 9.17) is 9.15 Å². The molecule has 0 atom stereocenters. The van der Waals surface area contributed by atoms with E-state index in [9.17, 15) is 14.4 Å². The zero-order valence-electron chi connectivity index (χ0n) is 12.6. The average Bonchev–Trinajstić information content (AvgIpc) is 2.89. The van der Waals surface area contributed by atoms with Gasteiger partial charge in [-0.15, -0.1) is 0 Å². The Bertz CT molecular complexity index is 529. The summed E-state index contributed by atoms with van der Waals surface area (Å²) in [5, 5.41) is 2.64. The number of amides is 2. The van der Waals surface area contributed by atoms with E-state index in [2.05, 4.69) is 21.2 Å². The highest BCUT2D eigenvalue weighted by Gasteiger charge is 2.17. The van der Waals surface area contributed by atoms with Gasteiger partial charge in [-0.3, -0.25) is 14.4 Å². The summed E-state index contributed by atoms with van der Waals surface area (Å²) in [6.45, 7) is 2.35. The Labute approximate surface area is 137 Å². The van der Waals surface area contributed by atoms with Gasteiger partial charge in [-0.2, -0.15) is 0 Å². The molecule has 0 fully saturated rings. The van der Waals surface area contributed by atoms with Gasteiger partial charge >= 0.3 is 5.97 Å². The van der Waals surface area contributed by atoms with Gasteiger partial charge in [0, 0.05) is 20.0 Å². The third-order valence-electron chi connectivity index (χ3n) is 2.70. The van der Waals surface area contributed by atoms with E-state index in [1.54, 1.807) is 13.0 Å². The van der Waals surface area contributed by atoms with Crippen LogP contribution in [0.3, 0.4) is 0 Å². The Morgan fingerprint density at radius 2 is 2.09 bits per heavy atom. The number of furan rings is 1. The van der Waals surface area contributed by atoms with Crippen molar-refractivity contribution in [1.82, 2.24) is 10.2 Å². The van der Waals surface area contributed by atoms with Crippen LogP contribution in [0.5, 0.6) is 0 Å². The van der Waals surface area contributed by atoms with Crippen LogP contribution in [0.15, 0.2) is 21.2 Å². The van der Waals surface area contributed by atoms with Crippen LogP contribution >= 0.6 is 15.9 Å². The second-order valence-electron chi connectivity index (χ2n) is 4.52. The monoisotopic (exact) mass is 374 g/mol. The van der Waals surface area contributed by atoms with Gasteiger partial charge in [0.2, 0.25) is 5.91 Å². The molecule has 122 valence electrons. The molecular formula is C14H19BrN2O5. The molecule has 1 N–H and O–H groups in total. The first-order valence-corrected chi connectivity index (χ1v) is 7.66. The lowest BCUT2D eigenvalue weighted by Crippen LogP contribution is -2.38. The number of esters is 1. The van der Waals surface area contributed by atoms with Crippen LogP contribution in [0.1, 0.15) is 30.3 Å². The Balaban J connectivity index is 2.26. The van der Waals surface area contributed by atoms with Crippen molar-refractivity contribution in [3.8, 4) is 0 Å². The minimum Gasteiger partial charge on any atom is -0.466 e. The molecule has 0 saturated carbocycles. The molecule has 0 unspecified atom stereocenters. The van der Waals surface area contributed by atoms with Crippen molar-refractivity contribution in [2.45, 2.75) is 19.8 Å². The molecule has 0 radical (unpaired) electrons. The zero-order valence-corrected chi connectivity index (χ0v) is 14.1. The van der Waals surface area contributed by atoms with Crippen molar-refractivity contribution < 1.29 is 23.5 Å². The van der Waals surface area contributed by atoms with E-state index in [1.165, 1.54) is 18.0 Å². The van der Waals surface area contributed by atoms with Crippen molar-refractivity contribution in [3.05, 3.63) is 22.6 Å². The fraction of sp³-hybridized carbons (Fsp3) is 0.500. The largest absolute Gasteiger partial charge is 0.466 e. The number of rotatable bonds is 8. The van der Waals surface area contributed by atoms with Crippen LogP contribution in [0.4, 0.5) is 0 Å². The first-order chi connectivity index (χ1) is 10.4. The number of halogens is 1. The summed E-state index contributed by atoms with van der Waals surface area (Å²) in [6, 6.07) is 3.14. The number of likely N-dealkylation sites (N-methyl/N-ethyl adjacent to an activating group) is 1. The van der Waals surface area contributed by atoms with Crippen LogP contribution in [0.2, 0.25) is 0 Å². The van der Waals surface area contributed by atoms with Crippen molar-refractivity contribution in [2.24, 2.45) is 0 Å². The first kappa shape index (κ1) is 18.2. The summed E-state index contributed by atoms with van der Waals surface area (Å²) >= 11 is 3.11. The minimum absolute atomic E-state index is 0.0867. The molecule has 22 heavy (non-hydrogen) atoms. The highest BCUT2D eigenvalue weighted by molar-refractivity contribution is 9.10. The highest BCUT2D eigenvalue weighted by atomic mass is 79.9. The number of carbonyl (C=O) groups is 3. The molecule has 0 bridgehead atoms. The van der Waals surface area contributed by atoms with E-state index in [0.717, 1.165) is 0 Å². The SMILES string of the molecule is CCOC(=O)CCCNC(=O)CN(C)C(=O)c1ccc(Br)o1. The average molecular weight is 375 g/mol. The number of hydrogen-bond donors (Lipinski definition) is 1. The Morgan fingerprint density at radius 3 is 2.68 bits per heavy atom. The third-order valence-corrected chi connectivity index (χ3v) is 3.12. The molecule has 2 amide bonds. The van der Waals surface area contributed by atoms with Crippen LogP contribution in [-0.4, -0.2) is 49.4 Å². The molecule has 0 spiro atoms. The standard InChI is InChI=1S/C14H19BrN2O5/c1-3-21-13(19)5-4-8-16-12(18)9-17(2)14(20)10-6-7-11(15)22-10/h6-7H,3-5,8-9H2,1-2H3,(H,16,18). The number of nitrogens with zero attached hydrogens (tertiary/aromatic N) is 1. The zero-order chi connectivity index (χ0) is 16.5. The molecule has 7 nitrogen and oxygen atoms in total. The fourth-order valence-corrected chi connectivity index (χ4v) is 1.96. The van der Waals surface area contributed by atoms with Crippen molar-refractivity contribution in [1.29, 1.82) is 0 Å². The molecule has 0 saturated heterocycles. The van der Waals surface area contributed by atoms with E-state index in [-0.39, 0.29) is 36.5 Å². The summed E-state index contributed by atoms with van der Waals surface area (Å²) in [6.07, 6.45) is 0.747. The summed E-state index contributed by atoms with van der Waals surface area (Å²) in [4.78, 5) is 36.0. The van der Waals surface area contributed by atoms with Gasteiger partial charge in [0.15, 0.2) is 10.4 Å². The molecule has 0 aliphatic carbocycles. The smallest absolute Gasteiger partial charge is 0.305 e. The molecule has 0 aliphatic rings. The minimum atomic E-state index is -0.382. The summed E-state index contributed by atoms with van der Waals surface area (Å²) in [5.41, 5.74) is 0. The van der Waals surface area contributed by atoms with Crippen LogP contribution in [-0.2, 0) is 14.3 Å². The Morgan fingerprint density at radius 1 is 1.36 bits per heavy atom. The molecule has 0 aliphatic heterocycles. The molecule has 1 aromatic heterocycles.